The summed E-state index contributed by atoms with van der Waals surface area (Å²) >= 11 is 0. The highest BCUT2D eigenvalue weighted by Gasteiger charge is 2.16. The molecule has 0 fully saturated rings. The van der Waals surface area contributed by atoms with Crippen molar-refractivity contribution in [3.05, 3.63) is 33.2 Å². The Labute approximate surface area is 77.4 Å². The number of hydrogen-bond donors (Lipinski definition) is 2. The molecule has 0 amide bonds. The third kappa shape index (κ3) is 1.63. The predicted octanol–water partition coefficient (Wildman–Crippen LogP) is 0.676. The molecule has 74 valence electrons. The van der Waals surface area contributed by atoms with E-state index in [2.05, 4.69) is 4.98 Å². The molecule has 0 spiro atoms. The number of hydrogen-bond acceptors (Lipinski definition) is 3. The summed E-state index contributed by atoms with van der Waals surface area (Å²) in [4.78, 5) is 13.4. The summed E-state index contributed by atoms with van der Waals surface area (Å²) in [5.41, 5.74) is -2.25. The Morgan fingerprint density at radius 2 is 2.29 bits per heavy atom. The minimum absolute atomic E-state index is 0.193. The number of nitriles is 1. The molecule has 4 nitrogen and oxygen atoms in total. The van der Waals surface area contributed by atoms with Crippen molar-refractivity contribution in [2.75, 3.05) is 0 Å². The highest BCUT2D eigenvalue weighted by atomic mass is 19.3. The van der Waals surface area contributed by atoms with Crippen molar-refractivity contribution < 1.29 is 13.9 Å². The molecular formula is C8H6F2N2O2. The molecule has 14 heavy (non-hydrogen) atoms. The van der Waals surface area contributed by atoms with E-state index in [0.29, 0.717) is 0 Å². The van der Waals surface area contributed by atoms with E-state index in [1.807, 2.05) is 0 Å². The van der Waals surface area contributed by atoms with Gasteiger partial charge in [0, 0.05) is 6.20 Å². The van der Waals surface area contributed by atoms with Gasteiger partial charge in [-0.2, -0.15) is 5.26 Å². The van der Waals surface area contributed by atoms with Gasteiger partial charge in [0.1, 0.15) is 11.8 Å². The topological polar surface area (TPSA) is 76.9 Å². The molecule has 0 saturated carbocycles. The maximum absolute atomic E-state index is 12.2. The fourth-order valence-corrected chi connectivity index (χ4v) is 1.00. The maximum Gasteiger partial charge on any atom is 0.269 e. The summed E-state index contributed by atoms with van der Waals surface area (Å²) in [7, 11) is 0. The number of aliphatic hydroxyl groups excluding tert-OH is 1. The molecule has 6 heteroatoms. The summed E-state index contributed by atoms with van der Waals surface area (Å²) < 4.78 is 24.4. The first kappa shape index (κ1) is 10.3. The molecule has 1 rings (SSSR count). The number of aliphatic hydroxyl groups is 1. The van der Waals surface area contributed by atoms with E-state index in [1.54, 1.807) is 6.07 Å². The molecule has 0 saturated heterocycles. The SMILES string of the molecule is N#Cc1[nH]cc(C(F)F)c(=O)c1CO. The van der Waals surface area contributed by atoms with Gasteiger partial charge < -0.3 is 10.1 Å². The lowest BCUT2D eigenvalue weighted by Gasteiger charge is -2.02. The van der Waals surface area contributed by atoms with Crippen LogP contribution in [0.2, 0.25) is 0 Å². The van der Waals surface area contributed by atoms with Gasteiger partial charge in [-0.05, 0) is 0 Å². The fourth-order valence-electron chi connectivity index (χ4n) is 1.00. The average Bonchev–Trinajstić information content (AvgIpc) is 2.16. The Hall–Kier alpha value is -1.74. The van der Waals surface area contributed by atoms with Crippen LogP contribution in [0.4, 0.5) is 8.78 Å². The molecule has 1 heterocycles. The molecule has 1 aromatic heterocycles. The van der Waals surface area contributed by atoms with Crippen LogP contribution in [0, 0.1) is 11.3 Å². The predicted molar refractivity (Wildman–Crippen MR) is 42.7 cm³/mol. The molecule has 0 radical (unpaired) electrons. The number of alkyl halides is 2. The molecule has 2 N–H and O–H groups in total. The minimum atomic E-state index is -2.92. The second-order valence-corrected chi connectivity index (χ2v) is 2.50. The van der Waals surface area contributed by atoms with E-state index in [0.717, 1.165) is 6.20 Å². The van der Waals surface area contributed by atoms with Crippen molar-refractivity contribution in [2.24, 2.45) is 0 Å². The number of halogens is 2. The van der Waals surface area contributed by atoms with E-state index in [9.17, 15) is 13.6 Å². The lowest BCUT2D eigenvalue weighted by molar-refractivity contribution is 0.149. The van der Waals surface area contributed by atoms with Crippen molar-refractivity contribution in [2.45, 2.75) is 13.0 Å². The standard InChI is InChI=1S/C8H6F2N2O2/c9-8(10)4-2-12-6(1-11)5(3-13)7(4)14/h2,8,13H,3H2,(H,12,14). The monoisotopic (exact) mass is 200 g/mol. The van der Waals surface area contributed by atoms with Crippen LogP contribution in [0.25, 0.3) is 0 Å². The van der Waals surface area contributed by atoms with Gasteiger partial charge >= 0.3 is 0 Å². The van der Waals surface area contributed by atoms with Gasteiger partial charge in [-0.1, -0.05) is 0 Å². The van der Waals surface area contributed by atoms with Gasteiger partial charge in [0.2, 0.25) is 0 Å². The van der Waals surface area contributed by atoms with Gasteiger partial charge in [-0.3, -0.25) is 4.79 Å². The molecule has 0 aromatic carbocycles. The van der Waals surface area contributed by atoms with Crippen LogP contribution in [0.15, 0.2) is 11.0 Å². The zero-order valence-corrected chi connectivity index (χ0v) is 6.92. The summed E-state index contributed by atoms with van der Waals surface area (Å²) in [5.74, 6) is 0. The van der Waals surface area contributed by atoms with Crippen molar-refractivity contribution in [1.29, 1.82) is 5.26 Å². The van der Waals surface area contributed by atoms with Gasteiger partial charge in [-0.15, -0.1) is 0 Å². The molecule has 0 unspecified atom stereocenters. The lowest BCUT2D eigenvalue weighted by atomic mass is 10.1. The van der Waals surface area contributed by atoms with Crippen molar-refractivity contribution >= 4 is 0 Å². The highest BCUT2D eigenvalue weighted by molar-refractivity contribution is 5.33. The quantitative estimate of drug-likeness (QED) is 0.736. The number of nitrogens with one attached hydrogen (secondary N) is 1. The van der Waals surface area contributed by atoms with Crippen LogP contribution in [0.1, 0.15) is 23.2 Å². The molecule has 0 aliphatic heterocycles. The van der Waals surface area contributed by atoms with Crippen LogP contribution >= 0.6 is 0 Å². The Kier molecular flexibility index (Phi) is 2.94. The molecular weight excluding hydrogens is 194 g/mol. The first-order valence-corrected chi connectivity index (χ1v) is 3.65. The second-order valence-electron chi connectivity index (χ2n) is 2.50. The summed E-state index contributed by atoms with van der Waals surface area (Å²) in [6, 6.07) is 1.59. The third-order valence-corrected chi connectivity index (χ3v) is 1.72. The highest BCUT2D eigenvalue weighted by Crippen LogP contribution is 2.14. The van der Waals surface area contributed by atoms with Crippen molar-refractivity contribution in [3.63, 3.8) is 0 Å². The molecule has 1 aromatic rings. The van der Waals surface area contributed by atoms with Gasteiger partial charge in [-0.25, -0.2) is 8.78 Å². The van der Waals surface area contributed by atoms with E-state index < -0.39 is 24.0 Å². The van der Waals surface area contributed by atoms with Gasteiger partial charge in [0.15, 0.2) is 5.43 Å². The Morgan fingerprint density at radius 1 is 1.64 bits per heavy atom. The Bertz CT molecular complexity index is 434. The lowest BCUT2D eigenvalue weighted by Crippen LogP contribution is -2.17. The smallest absolute Gasteiger partial charge is 0.269 e. The summed E-state index contributed by atoms with van der Waals surface area (Å²) in [5, 5.41) is 17.2. The summed E-state index contributed by atoms with van der Waals surface area (Å²) in [6.45, 7) is -0.737. The van der Waals surface area contributed by atoms with Gasteiger partial charge in [0.05, 0.1) is 17.7 Å². The van der Waals surface area contributed by atoms with E-state index in [1.165, 1.54) is 0 Å². The number of pyridine rings is 1. The third-order valence-electron chi connectivity index (χ3n) is 1.72. The van der Waals surface area contributed by atoms with E-state index >= 15 is 0 Å². The molecule has 0 aliphatic carbocycles. The van der Waals surface area contributed by atoms with Crippen molar-refractivity contribution in [1.82, 2.24) is 4.98 Å². The first-order chi connectivity index (χ1) is 6.61. The van der Waals surface area contributed by atoms with Crippen molar-refractivity contribution in [3.8, 4) is 6.07 Å². The number of rotatable bonds is 2. The van der Waals surface area contributed by atoms with Crippen LogP contribution < -0.4 is 5.43 Å². The maximum atomic E-state index is 12.2. The number of aromatic amines is 1. The van der Waals surface area contributed by atoms with E-state index in [-0.39, 0.29) is 11.3 Å². The second kappa shape index (κ2) is 3.98. The fraction of sp³-hybridized carbons (Fsp3) is 0.250. The largest absolute Gasteiger partial charge is 0.391 e. The van der Waals surface area contributed by atoms with Gasteiger partial charge in [0.25, 0.3) is 6.43 Å². The van der Waals surface area contributed by atoms with Crippen LogP contribution in [-0.4, -0.2) is 10.1 Å². The van der Waals surface area contributed by atoms with Crippen LogP contribution in [-0.2, 0) is 6.61 Å². The van der Waals surface area contributed by atoms with E-state index in [4.69, 9.17) is 10.4 Å². The molecule has 0 aliphatic rings. The normalized spacial score (nSPS) is 10.2. The van der Waals surface area contributed by atoms with Crippen LogP contribution in [0.5, 0.6) is 0 Å². The first-order valence-electron chi connectivity index (χ1n) is 3.65. The van der Waals surface area contributed by atoms with Crippen LogP contribution in [0.3, 0.4) is 0 Å². The number of aromatic nitrogens is 1. The molecule has 0 bridgehead atoms. The molecule has 0 atom stereocenters. The Morgan fingerprint density at radius 3 is 2.71 bits per heavy atom. The Balaban J connectivity index is 3.45. The zero-order valence-electron chi connectivity index (χ0n) is 6.92. The number of H-pyrrole nitrogens is 1. The summed E-state index contributed by atoms with van der Waals surface area (Å²) in [6.07, 6.45) is -2.14. The average molecular weight is 200 g/mol. The minimum Gasteiger partial charge on any atom is -0.391 e. The zero-order chi connectivity index (χ0) is 10.7. The number of nitrogens with zero attached hydrogens (tertiary/aromatic N) is 1.